The highest BCUT2D eigenvalue weighted by atomic mass is 32.1. The summed E-state index contributed by atoms with van der Waals surface area (Å²) in [4.78, 5) is 0. The van der Waals surface area contributed by atoms with Gasteiger partial charge in [-0.1, -0.05) is 0 Å². The van der Waals surface area contributed by atoms with Crippen molar-refractivity contribution in [3.8, 4) is 0 Å². The minimum Gasteiger partial charge on any atom is -0.375 e. The molecular weight excluding hydrogens is 168 g/mol. The van der Waals surface area contributed by atoms with Gasteiger partial charge in [-0.3, -0.25) is 10.9 Å². The van der Waals surface area contributed by atoms with Gasteiger partial charge in [-0.25, -0.2) is 0 Å². The quantitative estimate of drug-likeness (QED) is 0.312. The molecule has 0 rings (SSSR count). The van der Waals surface area contributed by atoms with Gasteiger partial charge in [-0.15, -0.1) is 0 Å². The van der Waals surface area contributed by atoms with Gasteiger partial charge >= 0.3 is 0 Å². The van der Waals surface area contributed by atoms with Crippen LogP contribution in [0.1, 0.15) is 6.92 Å². The molecule has 0 spiro atoms. The molecule has 0 saturated heterocycles. The summed E-state index contributed by atoms with van der Waals surface area (Å²) in [5.74, 6) is 0. The molecule has 0 radical (unpaired) electrons. The fourth-order valence-corrected chi connectivity index (χ4v) is 0.570. The second-order valence-corrected chi connectivity index (χ2v) is 2.32. The Kier molecular flexibility index (Phi) is 4.87. The van der Waals surface area contributed by atoms with Gasteiger partial charge in [-0.05, 0) is 31.4 Å². The van der Waals surface area contributed by atoms with Crippen LogP contribution < -0.4 is 21.9 Å². The Balaban J connectivity index is 3.30. The Morgan fingerprint density at radius 2 is 2.00 bits per heavy atom. The zero-order chi connectivity index (χ0) is 7.98. The van der Waals surface area contributed by atoms with Crippen LogP contribution in [0.3, 0.4) is 0 Å². The number of hydrogen-bond acceptors (Lipinski definition) is 2. The van der Waals surface area contributed by atoms with E-state index in [1.165, 1.54) is 0 Å². The molecule has 58 valence electrons. The molecule has 4 nitrogen and oxygen atoms in total. The maximum atomic E-state index is 5.11. The van der Waals surface area contributed by atoms with Crippen molar-refractivity contribution in [3.63, 3.8) is 0 Å². The van der Waals surface area contributed by atoms with Gasteiger partial charge < -0.3 is 11.1 Å². The molecule has 0 aliphatic carbocycles. The van der Waals surface area contributed by atoms with E-state index >= 15 is 0 Å². The standard InChI is InChI=1S/C4H10N4S2/c1-2-6-4(10)8-7-3(5)9/h2H2,1H3,(H3,5,7,9)(H2,6,8,10). The summed E-state index contributed by atoms with van der Waals surface area (Å²) in [6.07, 6.45) is 0. The van der Waals surface area contributed by atoms with E-state index in [1.54, 1.807) is 0 Å². The van der Waals surface area contributed by atoms with Gasteiger partial charge in [-0.2, -0.15) is 0 Å². The largest absolute Gasteiger partial charge is 0.375 e. The third-order valence-corrected chi connectivity index (χ3v) is 0.985. The fraction of sp³-hybridized carbons (Fsp3) is 0.500. The van der Waals surface area contributed by atoms with Gasteiger partial charge in [0.15, 0.2) is 10.2 Å². The van der Waals surface area contributed by atoms with Crippen molar-refractivity contribution in [1.29, 1.82) is 0 Å². The lowest BCUT2D eigenvalue weighted by Crippen LogP contribution is -2.48. The molecule has 0 amide bonds. The van der Waals surface area contributed by atoms with E-state index in [2.05, 4.69) is 28.4 Å². The maximum absolute atomic E-state index is 5.11. The normalized spacial score (nSPS) is 8.10. The van der Waals surface area contributed by atoms with E-state index in [4.69, 9.17) is 18.0 Å². The summed E-state index contributed by atoms with van der Waals surface area (Å²) in [5.41, 5.74) is 10.2. The molecule has 5 N–H and O–H groups in total. The summed E-state index contributed by atoms with van der Waals surface area (Å²) in [6, 6.07) is 0. The van der Waals surface area contributed by atoms with Gasteiger partial charge in [0.05, 0.1) is 0 Å². The number of nitrogens with one attached hydrogen (secondary N) is 3. The summed E-state index contributed by atoms with van der Waals surface area (Å²) >= 11 is 9.29. The van der Waals surface area contributed by atoms with Crippen LogP contribution in [0, 0.1) is 0 Å². The summed E-state index contributed by atoms with van der Waals surface area (Å²) in [6.45, 7) is 2.71. The molecule has 0 fully saturated rings. The third kappa shape index (κ3) is 5.52. The van der Waals surface area contributed by atoms with Crippen molar-refractivity contribution in [1.82, 2.24) is 16.2 Å². The van der Waals surface area contributed by atoms with Crippen LogP contribution >= 0.6 is 24.4 Å². The zero-order valence-electron chi connectivity index (χ0n) is 5.60. The maximum Gasteiger partial charge on any atom is 0.185 e. The first-order valence-electron chi connectivity index (χ1n) is 2.76. The van der Waals surface area contributed by atoms with E-state index in [0.29, 0.717) is 5.11 Å². The Hall–Kier alpha value is -0.620. The van der Waals surface area contributed by atoms with Gasteiger partial charge in [0.25, 0.3) is 0 Å². The molecule has 10 heavy (non-hydrogen) atoms. The van der Waals surface area contributed by atoms with Crippen LogP contribution in [0.2, 0.25) is 0 Å². The minimum atomic E-state index is 0.167. The summed E-state index contributed by atoms with van der Waals surface area (Å²) in [5, 5.41) is 3.49. The Morgan fingerprint density at radius 1 is 1.40 bits per heavy atom. The van der Waals surface area contributed by atoms with Crippen LogP contribution in [0.5, 0.6) is 0 Å². The van der Waals surface area contributed by atoms with Crippen LogP contribution in [0.15, 0.2) is 0 Å². The van der Waals surface area contributed by atoms with E-state index in [9.17, 15) is 0 Å². The van der Waals surface area contributed by atoms with E-state index < -0.39 is 0 Å². The third-order valence-electron chi connectivity index (χ3n) is 0.637. The Bertz CT molecular complexity index is 135. The highest BCUT2D eigenvalue weighted by molar-refractivity contribution is 7.80. The SMILES string of the molecule is CCNC(=S)NNC(N)=S. The number of rotatable bonds is 1. The first-order valence-corrected chi connectivity index (χ1v) is 3.57. The van der Waals surface area contributed by atoms with Gasteiger partial charge in [0.1, 0.15) is 0 Å². The molecule has 0 aliphatic rings. The number of hydrazine groups is 1. The fourth-order valence-electron chi connectivity index (χ4n) is 0.323. The molecule has 0 saturated carbocycles. The molecule has 0 heterocycles. The second kappa shape index (κ2) is 5.19. The molecule has 0 aromatic heterocycles. The number of nitrogens with two attached hydrogens (primary N) is 1. The van der Waals surface area contributed by atoms with Crippen LogP contribution in [-0.2, 0) is 0 Å². The van der Waals surface area contributed by atoms with Crippen LogP contribution in [-0.4, -0.2) is 16.8 Å². The van der Waals surface area contributed by atoms with Crippen LogP contribution in [0.4, 0.5) is 0 Å². The lowest BCUT2D eigenvalue weighted by atomic mass is 10.7. The molecule has 0 bridgehead atoms. The van der Waals surface area contributed by atoms with E-state index in [-0.39, 0.29) is 5.11 Å². The minimum absolute atomic E-state index is 0.167. The lowest BCUT2D eigenvalue weighted by molar-refractivity contribution is 0.822. The first kappa shape index (κ1) is 9.38. The molecule has 0 aromatic carbocycles. The van der Waals surface area contributed by atoms with Crippen molar-refractivity contribution < 1.29 is 0 Å². The molecular formula is C4H10N4S2. The lowest BCUT2D eigenvalue weighted by Gasteiger charge is -2.08. The smallest absolute Gasteiger partial charge is 0.185 e. The number of thiocarbonyl (C=S) groups is 2. The summed E-state index contributed by atoms with van der Waals surface area (Å²) < 4.78 is 0. The highest BCUT2D eigenvalue weighted by Gasteiger charge is 1.89. The second-order valence-electron chi connectivity index (χ2n) is 1.47. The van der Waals surface area contributed by atoms with Crippen molar-refractivity contribution in [2.24, 2.45) is 5.73 Å². The van der Waals surface area contributed by atoms with Crippen molar-refractivity contribution in [2.45, 2.75) is 6.92 Å². The molecule has 0 aromatic rings. The molecule has 0 aliphatic heterocycles. The van der Waals surface area contributed by atoms with Crippen molar-refractivity contribution in [3.05, 3.63) is 0 Å². The molecule has 6 heteroatoms. The van der Waals surface area contributed by atoms with Gasteiger partial charge in [0.2, 0.25) is 0 Å². The zero-order valence-corrected chi connectivity index (χ0v) is 7.23. The average Bonchev–Trinajstić information content (AvgIpc) is 1.85. The Labute approximate surface area is 70.5 Å². The topological polar surface area (TPSA) is 62.1 Å². The van der Waals surface area contributed by atoms with Crippen LogP contribution in [0.25, 0.3) is 0 Å². The average molecular weight is 178 g/mol. The van der Waals surface area contributed by atoms with Crippen molar-refractivity contribution in [2.75, 3.05) is 6.54 Å². The van der Waals surface area contributed by atoms with E-state index in [1.807, 2.05) is 6.92 Å². The number of hydrogen-bond donors (Lipinski definition) is 4. The van der Waals surface area contributed by atoms with E-state index in [0.717, 1.165) is 6.54 Å². The molecule has 0 unspecified atom stereocenters. The predicted octanol–water partition coefficient (Wildman–Crippen LogP) is -0.781. The summed E-state index contributed by atoms with van der Waals surface area (Å²) in [7, 11) is 0. The predicted molar refractivity (Wildman–Crippen MR) is 49.3 cm³/mol. The molecule has 0 atom stereocenters. The monoisotopic (exact) mass is 178 g/mol. The highest BCUT2D eigenvalue weighted by Crippen LogP contribution is 1.61. The Morgan fingerprint density at radius 3 is 2.40 bits per heavy atom. The first-order chi connectivity index (χ1) is 4.66. The van der Waals surface area contributed by atoms with Gasteiger partial charge in [0, 0.05) is 6.54 Å². The van der Waals surface area contributed by atoms with Crippen molar-refractivity contribution >= 4 is 34.7 Å².